The second kappa shape index (κ2) is 6.91. The molecule has 9 heteroatoms. The summed E-state index contributed by atoms with van der Waals surface area (Å²) in [6.45, 7) is 1.95. The normalized spacial score (nSPS) is 12.1. The van der Waals surface area contributed by atoms with Gasteiger partial charge in [0.05, 0.1) is 16.7 Å². The quantitative estimate of drug-likeness (QED) is 0.500. The molecule has 0 fully saturated rings. The van der Waals surface area contributed by atoms with Crippen molar-refractivity contribution in [1.82, 2.24) is 15.0 Å². The van der Waals surface area contributed by atoms with E-state index >= 15 is 0 Å². The monoisotopic (exact) mass is 371 g/mol. The number of ether oxygens (including phenoxy) is 1. The van der Waals surface area contributed by atoms with Gasteiger partial charge in [-0.1, -0.05) is 17.8 Å². The summed E-state index contributed by atoms with van der Waals surface area (Å²) in [7, 11) is 0. The number of hydrogen-bond donors (Lipinski definition) is 1. The molecule has 0 aliphatic rings. The number of imidazole rings is 1. The topological polar surface area (TPSA) is 50.8 Å². The van der Waals surface area contributed by atoms with Gasteiger partial charge in [-0.2, -0.15) is 17.6 Å². The standard InChI is InChI=1S/C16H13F4N3OS/c1-9-3-2-6-21-13(9)8-25-15-22-11-5-4-10(7-12(11)23-15)24-16(19,20)14(17)18/h2-7,14H,8H2,1H3,(H,22,23). The highest BCUT2D eigenvalue weighted by Crippen LogP contribution is 2.30. The van der Waals surface area contributed by atoms with Gasteiger partial charge in [-0.25, -0.2) is 4.98 Å². The highest BCUT2D eigenvalue weighted by Gasteiger charge is 2.44. The van der Waals surface area contributed by atoms with Crippen LogP contribution in [0.1, 0.15) is 11.3 Å². The minimum atomic E-state index is -4.54. The third-order valence-electron chi connectivity index (χ3n) is 3.40. The summed E-state index contributed by atoms with van der Waals surface area (Å²) >= 11 is 1.40. The van der Waals surface area contributed by atoms with Crippen molar-refractivity contribution in [3.8, 4) is 5.75 Å². The van der Waals surface area contributed by atoms with Crippen molar-refractivity contribution in [2.75, 3.05) is 0 Å². The molecule has 1 N–H and O–H groups in total. The van der Waals surface area contributed by atoms with Crippen LogP contribution in [-0.2, 0) is 5.75 Å². The molecule has 2 heterocycles. The summed E-state index contributed by atoms with van der Waals surface area (Å²) in [6, 6.07) is 7.64. The number of pyridine rings is 1. The molecule has 0 spiro atoms. The Balaban J connectivity index is 1.75. The molecule has 4 nitrogen and oxygen atoms in total. The number of nitrogens with one attached hydrogen (secondary N) is 1. The average Bonchev–Trinajstić information content (AvgIpc) is 2.95. The summed E-state index contributed by atoms with van der Waals surface area (Å²) in [4.78, 5) is 11.6. The zero-order chi connectivity index (χ0) is 18.0. The molecule has 0 bridgehead atoms. The van der Waals surface area contributed by atoms with Crippen molar-refractivity contribution in [3.63, 3.8) is 0 Å². The Hall–Kier alpha value is -2.29. The number of thioether (sulfide) groups is 1. The lowest BCUT2D eigenvalue weighted by Crippen LogP contribution is -2.33. The number of fused-ring (bicyclic) bond motifs is 1. The van der Waals surface area contributed by atoms with Crippen LogP contribution >= 0.6 is 11.8 Å². The molecule has 0 saturated heterocycles. The molecule has 0 radical (unpaired) electrons. The molecule has 2 aromatic heterocycles. The van der Waals surface area contributed by atoms with Crippen LogP contribution in [-0.4, -0.2) is 27.5 Å². The van der Waals surface area contributed by atoms with Crippen LogP contribution < -0.4 is 4.74 Å². The first-order valence-corrected chi connectivity index (χ1v) is 8.22. The smallest absolute Gasteiger partial charge is 0.428 e. The van der Waals surface area contributed by atoms with Gasteiger partial charge in [0.2, 0.25) is 0 Å². The Labute approximate surface area is 144 Å². The minimum Gasteiger partial charge on any atom is -0.428 e. The molecular weight excluding hydrogens is 358 g/mol. The summed E-state index contributed by atoms with van der Waals surface area (Å²) in [5.41, 5.74) is 2.90. The van der Waals surface area contributed by atoms with E-state index in [1.165, 1.54) is 30.0 Å². The number of benzene rings is 1. The lowest BCUT2D eigenvalue weighted by Gasteiger charge is -2.16. The second-order valence-electron chi connectivity index (χ2n) is 5.24. The molecule has 0 atom stereocenters. The number of H-pyrrole nitrogens is 1. The second-order valence-corrected chi connectivity index (χ2v) is 6.21. The molecule has 0 saturated carbocycles. The third-order valence-corrected chi connectivity index (χ3v) is 4.29. The molecule has 25 heavy (non-hydrogen) atoms. The van der Waals surface area contributed by atoms with Crippen molar-refractivity contribution in [2.45, 2.75) is 30.4 Å². The van der Waals surface area contributed by atoms with Gasteiger partial charge >= 0.3 is 12.5 Å². The molecule has 0 unspecified atom stereocenters. The van der Waals surface area contributed by atoms with Gasteiger partial charge in [-0.3, -0.25) is 4.98 Å². The predicted octanol–water partition coefficient (Wildman–Crippen LogP) is 4.80. The van der Waals surface area contributed by atoms with Crippen LogP contribution in [0.5, 0.6) is 5.75 Å². The van der Waals surface area contributed by atoms with Crippen molar-refractivity contribution < 1.29 is 22.3 Å². The van der Waals surface area contributed by atoms with Crippen LogP contribution in [0.2, 0.25) is 0 Å². The zero-order valence-electron chi connectivity index (χ0n) is 13.0. The third kappa shape index (κ3) is 4.04. The predicted molar refractivity (Wildman–Crippen MR) is 86.2 cm³/mol. The molecular formula is C16H13F4N3OS. The van der Waals surface area contributed by atoms with Gasteiger partial charge in [-0.15, -0.1) is 0 Å². The summed E-state index contributed by atoms with van der Waals surface area (Å²) in [6.07, 6.45) is -6.75. The number of nitrogens with zero attached hydrogens (tertiary/aromatic N) is 2. The first-order valence-electron chi connectivity index (χ1n) is 7.23. The van der Waals surface area contributed by atoms with E-state index in [1.807, 2.05) is 19.1 Å². The molecule has 3 rings (SSSR count). The van der Waals surface area contributed by atoms with Gasteiger partial charge in [0.1, 0.15) is 5.75 Å². The number of rotatable bonds is 6. The highest BCUT2D eigenvalue weighted by molar-refractivity contribution is 7.98. The Morgan fingerprint density at radius 1 is 1.28 bits per heavy atom. The largest absolute Gasteiger partial charge is 0.461 e. The highest BCUT2D eigenvalue weighted by atomic mass is 32.2. The van der Waals surface area contributed by atoms with Crippen LogP contribution in [0, 0.1) is 6.92 Å². The van der Waals surface area contributed by atoms with Crippen molar-refractivity contribution in [3.05, 3.63) is 47.8 Å². The maximum atomic E-state index is 13.0. The number of aromatic nitrogens is 3. The first kappa shape index (κ1) is 17.5. The molecule has 0 amide bonds. The number of aromatic amines is 1. The molecule has 132 valence electrons. The van der Waals surface area contributed by atoms with E-state index in [0.29, 0.717) is 21.9 Å². The Morgan fingerprint density at radius 2 is 2.08 bits per heavy atom. The molecule has 0 aliphatic heterocycles. The van der Waals surface area contributed by atoms with E-state index in [9.17, 15) is 17.6 Å². The lowest BCUT2D eigenvalue weighted by atomic mass is 10.2. The van der Waals surface area contributed by atoms with E-state index in [1.54, 1.807) is 6.20 Å². The van der Waals surface area contributed by atoms with Crippen LogP contribution in [0.3, 0.4) is 0 Å². The van der Waals surface area contributed by atoms with Gasteiger partial charge in [0.15, 0.2) is 5.16 Å². The number of alkyl halides is 4. The minimum absolute atomic E-state index is 0.350. The van der Waals surface area contributed by atoms with Gasteiger partial charge in [0.25, 0.3) is 0 Å². The summed E-state index contributed by atoms with van der Waals surface area (Å²) in [5.74, 6) is 0.209. The fourth-order valence-corrected chi connectivity index (χ4v) is 3.02. The van der Waals surface area contributed by atoms with Crippen molar-refractivity contribution >= 4 is 22.8 Å². The lowest BCUT2D eigenvalue weighted by molar-refractivity contribution is -0.253. The first-order chi connectivity index (χ1) is 11.8. The molecule has 3 aromatic rings. The average molecular weight is 371 g/mol. The van der Waals surface area contributed by atoms with E-state index in [4.69, 9.17) is 0 Å². The van der Waals surface area contributed by atoms with Crippen molar-refractivity contribution in [1.29, 1.82) is 0 Å². The fraction of sp³-hybridized carbons (Fsp3) is 0.250. The maximum Gasteiger partial charge on any atom is 0.461 e. The van der Waals surface area contributed by atoms with Gasteiger partial charge in [-0.05, 0) is 30.7 Å². The number of halogens is 4. The number of hydrogen-bond acceptors (Lipinski definition) is 4. The maximum absolute atomic E-state index is 13.0. The fourth-order valence-electron chi connectivity index (χ4n) is 2.10. The van der Waals surface area contributed by atoms with Crippen LogP contribution in [0.15, 0.2) is 41.7 Å². The molecule has 0 aliphatic carbocycles. The number of aryl methyl sites for hydroxylation is 1. The van der Waals surface area contributed by atoms with E-state index < -0.39 is 12.5 Å². The van der Waals surface area contributed by atoms with E-state index in [2.05, 4.69) is 19.7 Å². The van der Waals surface area contributed by atoms with E-state index in [0.717, 1.165) is 11.3 Å². The Bertz CT molecular complexity index is 885. The SMILES string of the molecule is Cc1cccnc1CSc1nc2cc(OC(F)(F)C(F)F)ccc2[nH]1. The summed E-state index contributed by atoms with van der Waals surface area (Å²) < 4.78 is 54.4. The molecule has 1 aromatic carbocycles. The Morgan fingerprint density at radius 3 is 2.80 bits per heavy atom. The van der Waals surface area contributed by atoms with Crippen LogP contribution in [0.4, 0.5) is 17.6 Å². The van der Waals surface area contributed by atoms with Gasteiger partial charge in [0, 0.05) is 18.0 Å². The summed E-state index contributed by atoms with van der Waals surface area (Å²) in [5, 5.41) is 0.567. The zero-order valence-corrected chi connectivity index (χ0v) is 13.8. The van der Waals surface area contributed by atoms with E-state index in [-0.39, 0.29) is 5.75 Å². The van der Waals surface area contributed by atoms with Crippen molar-refractivity contribution in [2.24, 2.45) is 0 Å². The Kier molecular flexibility index (Phi) is 4.85. The van der Waals surface area contributed by atoms with Crippen LogP contribution in [0.25, 0.3) is 11.0 Å². The van der Waals surface area contributed by atoms with Gasteiger partial charge < -0.3 is 9.72 Å².